The van der Waals surface area contributed by atoms with Crippen LogP contribution >= 0.6 is 27.3 Å². The number of aromatic nitrogens is 2. The molecule has 1 aliphatic heterocycles. The highest BCUT2D eigenvalue weighted by Gasteiger charge is 2.29. The highest BCUT2D eigenvalue weighted by molar-refractivity contribution is 9.10. The Morgan fingerprint density at radius 3 is 3.05 bits per heavy atom. The van der Waals surface area contributed by atoms with Gasteiger partial charge in [-0.15, -0.1) is 10.2 Å². The second-order valence-corrected chi connectivity index (χ2v) is 6.06. The van der Waals surface area contributed by atoms with Crippen molar-refractivity contribution in [3.8, 4) is 0 Å². The summed E-state index contributed by atoms with van der Waals surface area (Å²) >= 11 is 5.27. The van der Waals surface area contributed by atoms with Gasteiger partial charge in [-0.05, 0) is 26.9 Å². The molecular weight excluding hydrogens is 330 g/mol. The number of aryl methyl sites for hydroxylation is 1. The third-order valence-corrected chi connectivity index (χ3v) is 4.96. The normalized spacial score (nSPS) is 20.8. The van der Waals surface area contributed by atoms with Gasteiger partial charge >= 0.3 is 0 Å². The van der Waals surface area contributed by atoms with Crippen molar-refractivity contribution in [1.82, 2.24) is 15.1 Å². The van der Waals surface area contributed by atoms with Crippen molar-refractivity contribution in [1.29, 1.82) is 0 Å². The Bertz CT molecular complexity index is 557. The van der Waals surface area contributed by atoms with Gasteiger partial charge in [0.1, 0.15) is 6.04 Å². The Kier molecular flexibility index (Phi) is 3.97. The standard InChI is InChI=1S/C12H14BrN3O2S/c1-8-14-15-12(18-8)11-5-17-3-2-16(11)4-9-6-19-7-10(9)13/h6-7,11H,2-5H2,1H3/t11-/m0/s1. The smallest absolute Gasteiger partial charge is 0.235 e. The van der Waals surface area contributed by atoms with E-state index in [9.17, 15) is 0 Å². The lowest BCUT2D eigenvalue weighted by atomic mass is 10.2. The lowest BCUT2D eigenvalue weighted by Gasteiger charge is -2.33. The topological polar surface area (TPSA) is 51.4 Å². The summed E-state index contributed by atoms with van der Waals surface area (Å²) in [6, 6.07) is 0.0433. The van der Waals surface area contributed by atoms with E-state index in [-0.39, 0.29) is 6.04 Å². The van der Waals surface area contributed by atoms with E-state index in [1.54, 1.807) is 18.3 Å². The first kappa shape index (κ1) is 13.2. The molecule has 2 aromatic rings. The molecule has 102 valence electrons. The molecule has 2 aromatic heterocycles. The molecule has 0 amide bonds. The van der Waals surface area contributed by atoms with Crippen LogP contribution < -0.4 is 0 Å². The Hall–Kier alpha value is -0.760. The first-order valence-corrected chi connectivity index (χ1v) is 7.80. The van der Waals surface area contributed by atoms with Gasteiger partial charge in [-0.1, -0.05) is 0 Å². The fourth-order valence-corrected chi connectivity index (χ4v) is 3.56. The van der Waals surface area contributed by atoms with E-state index in [0.717, 1.165) is 24.2 Å². The highest BCUT2D eigenvalue weighted by Crippen LogP contribution is 2.28. The van der Waals surface area contributed by atoms with Crippen molar-refractivity contribution in [3.05, 3.63) is 32.6 Å². The summed E-state index contributed by atoms with van der Waals surface area (Å²) in [5.41, 5.74) is 1.29. The number of hydrogen-bond acceptors (Lipinski definition) is 6. The molecule has 1 fully saturated rings. The molecule has 0 spiro atoms. The third-order valence-electron chi connectivity index (χ3n) is 3.13. The second kappa shape index (κ2) is 5.70. The van der Waals surface area contributed by atoms with E-state index in [0.29, 0.717) is 18.4 Å². The van der Waals surface area contributed by atoms with E-state index in [1.807, 2.05) is 0 Å². The molecule has 0 aromatic carbocycles. The monoisotopic (exact) mass is 343 g/mol. The zero-order chi connectivity index (χ0) is 13.2. The van der Waals surface area contributed by atoms with Gasteiger partial charge in [-0.25, -0.2) is 0 Å². The van der Waals surface area contributed by atoms with Crippen molar-refractivity contribution in [2.45, 2.75) is 19.5 Å². The number of ether oxygens (including phenoxy) is 1. The van der Waals surface area contributed by atoms with Crippen LogP contribution in [0.15, 0.2) is 19.6 Å². The molecule has 0 bridgehead atoms. The van der Waals surface area contributed by atoms with Gasteiger partial charge in [0.05, 0.1) is 13.2 Å². The minimum absolute atomic E-state index is 0.0433. The molecule has 0 aliphatic carbocycles. The number of morpholine rings is 1. The van der Waals surface area contributed by atoms with Crippen molar-refractivity contribution in [2.24, 2.45) is 0 Å². The molecule has 1 aliphatic rings. The number of thiophene rings is 1. The van der Waals surface area contributed by atoms with Crippen LogP contribution in [0.1, 0.15) is 23.4 Å². The minimum atomic E-state index is 0.0433. The number of nitrogens with zero attached hydrogens (tertiary/aromatic N) is 3. The summed E-state index contributed by atoms with van der Waals surface area (Å²) in [5, 5.41) is 12.3. The molecule has 0 radical (unpaired) electrons. The van der Waals surface area contributed by atoms with Gasteiger partial charge < -0.3 is 9.15 Å². The predicted octanol–water partition coefficient (Wildman–Crippen LogP) is 2.78. The quantitative estimate of drug-likeness (QED) is 0.857. The van der Waals surface area contributed by atoms with Gasteiger partial charge in [0.15, 0.2) is 0 Å². The lowest BCUT2D eigenvalue weighted by molar-refractivity contribution is -0.0226. The molecule has 1 saturated heterocycles. The van der Waals surface area contributed by atoms with Gasteiger partial charge in [0, 0.05) is 29.9 Å². The Morgan fingerprint density at radius 2 is 2.37 bits per heavy atom. The predicted molar refractivity (Wildman–Crippen MR) is 75.0 cm³/mol. The first-order valence-electron chi connectivity index (χ1n) is 6.06. The van der Waals surface area contributed by atoms with Crippen LogP contribution in [-0.4, -0.2) is 34.9 Å². The highest BCUT2D eigenvalue weighted by atomic mass is 79.9. The van der Waals surface area contributed by atoms with E-state index >= 15 is 0 Å². The fraction of sp³-hybridized carbons (Fsp3) is 0.500. The molecule has 3 rings (SSSR count). The molecular formula is C12H14BrN3O2S. The third kappa shape index (κ3) is 2.89. The van der Waals surface area contributed by atoms with Crippen molar-refractivity contribution in [2.75, 3.05) is 19.8 Å². The molecule has 5 nitrogen and oxygen atoms in total. The van der Waals surface area contributed by atoms with Crippen molar-refractivity contribution >= 4 is 27.3 Å². The molecule has 1 atom stereocenters. The Balaban J connectivity index is 1.79. The van der Waals surface area contributed by atoms with Gasteiger partial charge in [-0.2, -0.15) is 11.3 Å². The van der Waals surface area contributed by atoms with Crippen LogP contribution in [0.5, 0.6) is 0 Å². The summed E-state index contributed by atoms with van der Waals surface area (Å²) in [6.07, 6.45) is 0. The summed E-state index contributed by atoms with van der Waals surface area (Å²) in [6.45, 7) is 4.88. The average Bonchev–Trinajstić information content (AvgIpc) is 3.00. The van der Waals surface area contributed by atoms with Crippen LogP contribution in [0.3, 0.4) is 0 Å². The average molecular weight is 344 g/mol. The van der Waals surface area contributed by atoms with E-state index in [4.69, 9.17) is 9.15 Å². The van der Waals surface area contributed by atoms with Gasteiger partial charge in [-0.3, -0.25) is 4.90 Å². The number of rotatable bonds is 3. The maximum Gasteiger partial charge on any atom is 0.235 e. The Morgan fingerprint density at radius 1 is 1.47 bits per heavy atom. The Labute approximate surface area is 123 Å². The largest absolute Gasteiger partial charge is 0.424 e. The fourth-order valence-electron chi connectivity index (χ4n) is 2.14. The first-order chi connectivity index (χ1) is 9.24. The van der Waals surface area contributed by atoms with E-state index in [2.05, 4.69) is 41.8 Å². The number of hydrogen-bond donors (Lipinski definition) is 0. The summed E-state index contributed by atoms with van der Waals surface area (Å²) in [4.78, 5) is 2.32. The SMILES string of the molecule is Cc1nnc([C@@H]2COCCN2Cc2cscc2Br)o1. The molecule has 19 heavy (non-hydrogen) atoms. The van der Waals surface area contributed by atoms with Crippen LogP contribution in [0.2, 0.25) is 0 Å². The summed E-state index contributed by atoms with van der Waals surface area (Å²) in [5.74, 6) is 1.24. The van der Waals surface area contributed by atoms with Crippen LogP contribution in [0, 0.1) is 6.92 Å². The second-order valence-electron chi connectivity index (χ2n) is 4.47. The van der Waals surface area contributed by atoms with Crippen molar-refractivity contribution in [3.63, 3.8) is 0 Å². The van der Waals surface area contributed by atoms with E-state index in [1.165, 1.54) is 5.56 Å². The maximum absolute atomic E-state index is 5.55. The van der Waals surface area contributed by atoms with Crippen LogP contribution in [0.25, 0.3) is 0 Å². The molecule has 3 heterocycles. The minimum Gasteiger partial charge on any atom is -0.424 e. The van der Waals surface area contributed by atoms with Gasteiger partial charge in [0.2, 0.25) is 11.8 Å². The van der Waals surface area contributed by atoms with Crippen LogP contribution in [0.4, 0.5) is 0 Å². The number of halogens is 1. The molecule has 7 heteroatoms. The van der Waals surface area contributed by atoms with Crippen molar-refractivity contribution < 1.29 is 9.15 Å². The summed E-state index contributed by atoms with van der Waals surface area (Å²) < 4.78 is 12.3. The molecule has 0 unspecified atom stereocenters. The lowest BCUT2D eigenvalue weighted by Crippen LogP contribution is -2.39. The maximum atomic E-state index is 5.55. The summed E-state index contributed by atoms with van der Waals surface area (Å²) in [7, 11) is 0. The molecule has 0 N–H and O–H groups in total. The van der Waals surface area contributed by atoms with E-state index < -0.39 is 0 Å². The molecule has 0 saturated carbocycles. The van der Waals surface area contributed by atoms with Gasteiger partial charge in [0.25, 0.3) is 0 Å². The zero-order valence-electron chi connectivity index (χ0n) is 10.5. The zero-order valence-corrected chi connectivity index (χ0v) is 12.9. The van der Waals surface area contributed by atoms with Crippen LogP contribution in [-0.2, 0) is 11.3 Å².